The van der Waals surface area contributed by atoms with Gasteiger partial charge in [-0.1, -0.05) is 35.9 Å². The summed E-state index contributed by atoms with van der Waals surface area (Å²) >= 11 is 5.79. The molecule has 15 heavy (non-hydrogen) atoms. The van der Waals surface area contributed by atoms with Crippen molar-refractivity contribution < 1.29 is 4.74 Å². The Balaban J connectivity index is 2.23. The zero-order valence-electron chi connectivity index (χ0n) is 8.79. The average molecular weight is 224 g/mol. The molecule has 2 heteroatoms. The first-order valence-electron chi connectivity index (χ1n) is 5.12. The smallest absolute Gasteiger partial charge is 0.0700 e. The number of allylic oxidation sites excluding steroid dienone is 1. The minimum absolute atomic E-state index is 0.745. The number of benzene rings is 1. The van der Waals surface area contributed by atoms with E-state index in [1.54, 1.807) is 0 Å². The van der Waals surface area contributed by atoms with Gasteiger partial charge in [-0.05, 0) is 37.0 Å². The first kappa shape index (κ1) is 12.3. The Morgan fingerprint density at radius 3 is 2.60 bits per heavy atom. The van der Waals surface area contributed by atoms with Gasteiger partial charge in [0.15, 0.2) is 0 Å². The van der Waals surface area contributed by atoms with Crippen LogP contribution in [0.5, 0.6) is 0 Å². The Kier molecular flexibility index (Phi) is 6.14. The highest BCUT2D eigenvalue weighted by atomic mass is 35.5. The molecule has 0 bridgehead atoms. The quantitative estimate of drug-likeness (QED) is 0.653. The van der Waals surface area contributed by atoms with Crippen LogP contribution in [0.2, 0.25) is 5.02 Å². The maximum atomic E-state index is 5.79. The van der Waals surface area contributed by atoms with Gasteiger partial charge in [-0.3, -0.25) is 0 Å². The molecule has 1 nitrogen and oxygen atoms in total. The molecule has 0 saturated heterocycles. The summed E-state index contributed by atoms with van der Waals surface area (Å²) in [6, 6.07) is 7.82. The third-order valence-electron chi connectivity index (χ3n) is 2.09. The number of rotatable bonds is 6. The van der Waals surface area contributed by atoms with E-state index in [1.165, 1.54) is 5.56 Å². The van der Waals surface area contributed by atoms with Gasteiger partial charge in [0, 0.05) is 11.6 Å². The average Bonchev–Trinajstić information content (AvgIpc) is 2.26. The van der Waals surface area contributed by atoms with Gasteiger partial charge < -0.3 is 4.74 Å². The van der Waals surface area contributed by atoms with E-state index in [9.17, 15) is 0 Å². The molecule has 0 amide bonds. The third kappa shape index (κ3) is 5.60. The van der Waals surface area contributed by atoms with Crippen LogP contribution in [0.25, 0.3) is 6.08 Å². The molecule has 0 atom stereocenters. The topological polar surface area (TPSA) is 9.23 Å². The van der Waals surface area contributed by atoms with Crippen LogP contribution in [0, 0.1) is 7.11 Å². The summed E-state index contributed by atoms with van der Waals surface area (Å²) in [4.78, 5) is 0. The highest BCUT2D eigenvalue weighted by Gasteiger charge is 1.88. The number of halogens is 1. The SMILES string of the molecule is [CH2]OCCCCC=Cc1ccc(Cl)cc1. The van der Waals surface area contributed by atoms with Crippen LogP contribution in [0.1, 0.15) is 24.8 Å². The summed E-state index contributed by atoms with van der Waals surface area (Å²) in [5, 5.41) is 0.778. The molecule has 0 aliphatic heterocycles. The van der Waals surface area contributed by atoms with Gasteiger partial charge >= 0.3 is 0 Å². The van der Waals surface area contributed by atoms with Crippen molar-refractivity contribution in [3.05, 3.63) is 48.0 Å². The number of ether oxygens (including phenoxy) is 1. The second kappa shape index (κ2) is 7.49. The molecule has 0 fully saturated rings. The Morgan fingerprint density at radius 1 is 1.20 bits per heavy atom. The van der Waals surface area contributed by atoms with E-state index in [4.69, 9.17) is 16.3 Å². The van der Waals surface area contributed by atoms with Gasteiger partial charge in [-0.15, -0.1) is 0 Å². The molecular weight excluding hydrogens is 208 g/mol. The number of hydrogen-bond acceptors (Lipinski definition) is 1. The van der Waals surface area contributed by atoms with Crippen molar-refractivity contribution in [2.75, 3.05) is 6.61 Å². The molecule has 0 aliphatic rings. The zero-order valence-corrected chi connectivity index (χ0v) is 9.54. The summed E-state index contributed by atoms with van der Waals surface area (Å²) < 4.78 is 4.73. The highest BCUT2D eigenvalue weighted by Crippen LogP contribution is 2.11. The second-order valence-electron chi connectivity index (χ2n) is 3.36. The van der Waals surface area contributed by atoms with Crippen LogP contribution in [-0.2, 0) is 4.74 Å². The fourth-order valence-corrected chi connectivity index (χ4v) is 1.39. The molecule has 1 aromatic carbocycles. The van der Waals surface area contributed by atoms with Crippen molar-refractivity contribution >= 4 is 17.7 Å². The Hall–Kier alpha value is -0.790. The van der Waals surface area contributed by atoms with Crippen molar-refractivity contribution in [1.82, 2.24) is 0 Å². The van der Waals surface area contributed by atoms with E-state index < -0.39 is 0 Å². The maximum Gasteiger partial charge on any atom is 0.0700 e. The van der Waals surface area contributed by atoms with E-state index >= 15 is 0 Å². The van der Waals surface area contributed by atoms with E-state index in [-0.39, 0.29) is 0 Å². The van der Waals surface area contributed by atoms with Gasteiger partial charge in [0.2, 0.25) is 0 Å². The summed E-state index contributed by atoms with van der Waals surface area (Å²) in [5.74, 6) is 0. The minimum Gasteiger partial charge on any atom is -0.379 e. The molecule has 0 N–H and O–H groups in total. The molecular formula is C13H16ClO. The lowest BCUT2D eigenvalue weighted by molar-refractivity contribution is 0.235. The summed E-state index contributed by atoms with van der Waals surface area (Å²) in [6.45, 7) is 0.745. The third-order valence-corrected chi connectivity index (χ3v) is 2.34. The van der Waals surface area contributed by atoms with E-state index in [0.717, 1.165) is 30.9 Å². The van der Waals surface area contributed by atoms with Crippen LogP contribution >= 0.6 is 11.6 Å². The molecule has 0 heterocycles. The molecule has 0 spiro atoms. The lowest BCUT2D eigenvalue weighted by Crippen LogP contribution is -1.84. The fourth-order valence-electron chi connectivity index (χ4n) is 1.26. The van der Waals surface area contributed by atoms with E-state index in [2.05, 4.69) is 19.3 Å². The van der Waals surface area contributed by atoms with Crippen LogP contribution in [0.4, 0.5) is 0 Å². The van der Waals surface area contributed by atoms with Gasteiger partial charge in [0.05, 0.1) is 7.11 Å². The summed E-state index contributed by atoms with van der Waals surface area (Å²) in [7, 11) is 3.33. The molecule has 0 unspecified atom stereocenters. The first-order chi connectivity index (χ1) is 7.33. The Bertz CT molecular complexity index is 290. The van der Waals surface area contributed by atoms with Crippen LogP contribution in [-0.4, -0.2) is 6.61 Å². The lowest BCUT2D eigenvalue weighted by Gasteiger charge is -1.96. The summed E-state index contributed by atoms with van der Waals surface area (Å²) in [5.41, 5.74) is 1.19. The van der Waals surface area contributed by atoms with Gasteiger partial charge in [-0.25, -0.2) is 0 Å². The highest BCUT2D eigenvalue weighted by molar-refractivity contribution is 6.30. The zero-order chi connectivity index (χ0) is 10.9. The van der Waals surface area contributed by atoms with Crippen molar-refractivity contribution in [3.8, 4) is 0 Å². The van der Waals surface area contributed by atoms with Crippen molar-refractivity contribution in [2.24, 2.45) is 0 Å². The van der Waals surface area contributed by atoms with Crippen molar-refractivity contribution in [1.29, 1.82) is 0 Å². The van der Waals surface area contributed by atoms with E-state index in [1.807, 2.05) is 24.3 Å². The molecule has 1 rings (SSSR count). The molecule has 0 aliphatic carbocycles. The maximum absolute atomic E-state index is 5.79. The molecule has 1 aromatic rings. The monoisotopic (exact) mass is 223 g/mol. The van der Waals surface area contributed by atoms with Gasteiger partial charge in [-0.2, -0.15) is 0 Å². The predicted octanol–water partition coefficient (Wildman–Crippen LogP) is 4.33. The molecule has 0 aromatic heterocycles. The number of hydrogen-bond donors (Lipinski definition) is 0. The van der Waals surface area contributed by atoms with Crippen LogP contribution in [0.15, 0.2) is 30.3 Å². The van der Waals surface area contributed by atoms with Gasteiger partial charge in [0.1, 0.15) is 0 Å². The largest absolute Gasteiger partial charge is 0.379 e. The molecule has 1 radical (unpaired) electrons. The minimum atomic E-state index is 0.745. The standard InChI is InChI=1S/C13H16ClO/c1-15-11-5-3-2-4-6-12-7-9-13(14)10-8-12/h4,6-10H,1-3,5,11H2. The number of unbranched alkanes of at least 4 members (excludes halogenated alkanes) is 2. The Labute approximate surface area is 96.7 Å². The second-order valence-corrected chi connectivity index (χ2v) is 3.79. The first-order valence-corrected chi connectivity index (χ1v) is 5.50. The normalized spacial score (nSPS) is 11.1. The van der Waals surface area contributed by atoms with Gasteiger partial charge in [0.25, 0.3) is 0 Å². The lowest BCUT2D eigenvalue weighted by atomic mass is 10.1. The Morgan fingerprint density at radius 2 is 1.93 bits per heavy atom. The molecule has 81 valence electrons. The summed E-state index contributed by atoms with van der Waals surface area (Å²) in [6.07, 6.45) is 7.56. The molecule has 0 saturated carbocycles. The van der Waals surface area contributed by atoms with Crippen LogP contribution < -0.4 is 0 Å². The predicted molar refractivity (Wildman–Crippen MR) is 65.6 cm³/mol. The van der Waals surface area contributed by atoms with Crippen molar-refractivity contribution in [2.45, 2.75) is 19.3 Å². The van der Waals surface area contributed by atoms with Crippen molar-refractivity contribution in [3.63, 3.8) is 0 Å². The van der Waals surface area contributed by atoms with E-state index in [0.29, 0.717) is 0 Å². The van der Waals surface area contributed by atoms with Crippen LogP contribution in [0.3, 0.4) is 0 Å². The fraction of sp³-hybridized carbons (Fsp3) is 0.308.